The Morgan fingerprint density at radius 3 is 2.54 bits per heavy atom. The molecule has 0 aliphatic carbocycles. The van der Waals surface area contributed by atoms with Crippen LogP contribution in [0.25, 0.3) is 0 Å². The maximum atomic E-state index is 14.0. The number of hydrogen-bond donors (Lipinski definition) is 2. The second kappa shape index (κ2) is 10.8. The number of benzene rings is 2. The number of aryl methyl sites for hydroxylation is 1. The predicted octanol–water partition coefficient (Wildman–Crippen LogP) is 4.75. The molecule has 1 fully saturated rings. The van der Waals surface area contributed by atoms with Gasteiger partial charge in [0.25, 0.3) is 5.91 Å². The molecule has 0 radical (unpaired) electrons. The Morgan fingerprint density at radius 2 is 1.89 bits per heavy atom. The zero-order valence-electron chi connectivity index (χ0n) is 19.9. The highest BCUT2D eigenvalue weighted by atomic mass is 19.4. The first kappa shape index (κ1) is 25.9. The number of aromatic nitrogens is 2. The molecule has 1 aliphatic rings. The van der Waals surface area contributed by atoms with Crippen molar-refractivity contribution >= 4 is 34.9 Å². The summed E-state index contributed by atoms with van der Waals surface area (Å²) >= 11 is 0. The molecule has 194 valence electrons. The van der Waals surface area contributed by atoms with Crippen molar-refractivity contribution in [3.63, 3.8) is 0 Å². The predicted molar refractivity (Wildman–Crippen MR) is 132 cm³/mol. The first-order valence-electron chi connectivity index (χ1n) is 11.5. The van der Waals surface area contributed by atoms with Gasteiger partial charge in [0.1, 0.15) is 18.0 Å². The van der Waals surface area contributed by atoms with Crippen LogP contribution in [0.3, 0.4) is 0 Å². The van der Waals surface area contributed by atoms with Gasteiger partial charge in [0.15, 0.2) is 0 Å². The molecule has 9 nitrogen and oxygen atoms in total. The summed E-state index contributed by atoms with van der Waals surface area (Å²) in [5.74, 6) is -0.884. The van der Waals surface area contributed by atoms with E-state index in [0.717, 1.165) is 18.9 Å². The Labute approximate surface area is 211 Å². The Bertz CT molecular complexity index is 1270. The number of hydrogen-bond acceptors (Lipinski definition) is 6. The first-order valence-corrected chi connectivity index (χ1v) is 11.5. The summed E-state index contributed by atoms with van der Waals surface area (Å²) in [4.78, 5) is 35.2. The molecule has 1 atom stereocenters. The monoisotopic (exact) mass is 514 g/mol. The molecule has 3 amide bonds. The number of urea groups is 1. The zero-order chi connectivity index (χ0) is 26.6. The van der Waals surface area contributed by atoms with Crippen molar-refractivity contribution < 1.29 is 27.5 Å². The number of amides is 3. The van der Waals surface area contributed by atoms with E-state index in [0.29, 0.717) is 12.2 Å². The molecular weight excluding hydrogens is 489 g/mol. The second-order valence-corrected chi connectivity index (χ2v) is 8.45. The third-order valence-electron chi connectivity index (χ3n) is 5.80. The van der Waals surface area contributed by atoms with E-state index in [9.17, 15) is 22.8 Å². The van der Waals surface area contributed by atoms with Gasteiger partial charge in [0, 0.05) is 23.9 Å². The van der Waals surface area contributed by atoms with Crippen molar-refractivity contribution in [2.45, 2.75) is 32.2 Å². The van der Waals surface area contributed by atoms with Gasteiger partial charge in [-0.25, -0.2) is 19.7 Å². The summed E-state index contributed by atoms with van der Waals surface area (Å²) in [6.45, 7) is 2.35. The van der Waals surface area contributed by atoms with Crippen LogP contribution in [0.4, 0.5) is 41.0 Å². The van der Waals surface area contributed by atoms with Gasteiger partial charge in [-0.3, -0.25) is 9.69 Å². The third-order valence-corrected chi connectivity index (χ3v) is 5.80. The summed E-state index contributed by atoms with van der Waals surface area (Å²) in [6, 6.07) is 11.6. The highest BCUT2D eigenvalue weighted by Crippen LogP contribution is 2.33. The number of ether oxygens (including phenoxy) is 1. The van der Waals surface area contributed by atoms with Crippen LogP contribution < -0.4 is 20.9 Å². The number of anilines is 4. The minimum Gasteiger partial charge on any atom is -0.384 e. The van der Waals surface area contributed by atoms with E-state index < -0.39 is 23.9 Å². The highest BCUT2D eigenvalue weighted by Gasteiger charge is 2.43. The first-order chi connectivity index (χ1) is 17.6. The molecule has 37 heavy (non-hydrogen) atoms. The van der Waals surface area contributed by atoms with Crippen molar-refractivity contribution in [1.82, 2.24) is 9.97 Å². The zero-order valence-corrected chi connectivity index (χ0v) is 19.9. The quantitative estimate of drug-likeness (QED) is 0.459. The van der Waals surface area contributed by atoms with E-state index >= 15 is 0 Å². The van der Waals surface area contributed by atoms with E-state index in [1.54, 1.807) is 13.0 Å². The van der Waals surface area contributed by atoms with Crippen molar-refractivity contribution in [3.05, 3.63) is 72.1 Å². The lowest BCUT2D eigenvalue weighted by atomic mass is 10.1. The molecule has 12 heteroatoms. The number of halogens is 3. The standard InChI is InChI=1S/C25H25F3N6O3/c1-16-9-10-18(34(25(26,27)28)23(35)17-6-3-2-4-7-17)12-20(16)32-24(36)33(14-19-8-5-11-37-19)22-13-21(29)30-15-31-22/h2-4,6-7,9-10,12-13,15,19H,5,8,11,14H2,1H3,(H,32,36)(H2,29,30,31). The van der Waals surface area contributed by atoms with Crippen molar-refractivity contribution in [1.29, 1.82) is 0 Å². The van der Waals surface area contributed by atoms with Gasteiger partial charge in [-0.05, 0) is 49.6 Å². The minimum atomic E-state index is -5.01. The Hall–Kier alpha value is -4.19. The average molecular weight is 515 g/mol. The topological polar surface area (TPSA) is 114 Å². The van der Waals surface area contributed by atoms with Crippen molar-refractivity contribution in [2.75, 3.05) is 34.0 Å². The van der Waals surface area contributed by atoms with E-state index in [4.69, 9.17) is 10.5 Å². The number of carbonyl (C=O) groups excluding carboxylic acids is 2. The summed E-state index contributed by atoms with van der Waals surface area (Å²) in [5, 5.41) is 2.65. The van der Waals surface area contributed by atoms with Crippen LogP contribution in [0.15, 0.2) is 60.9 Å². The molecule has 0 spiro atoms. The molecule has 3 aromatic rings. The summed E-state index contributed by atoms with van der Waals surface area (Å²) < 4.78 is 47.7. The number of carbonyl (C=O) groups is 2. The number of alkyl halides is 3. The van der Waals surface area contributed by atoms with Crippen molar-refractivity contribution in [2.24, 2.45) is 0 Å². The number of nitrogen functional groups attached to an aromatic ring is 1. The van der Waals surface area contributed by atoms with Crippen LogP contribution in [0, 0.1) is 6.92 Å². The van der Waals surface area contributed by atoms with E-state index in [1.807, 2.05) is 0 Å². The minimum absolute atomic E-state index is 0.0944. The van der Waals surface area contributed by atoms with Crippen LogP contribution in [0.2, 0.25) is 0 Å². The van der Waals surface area contributed by atoms with Crippen LogP contribution >= 0.6 is 0 Å². The molecule has 0 bridgehead atoms. The van der Waals surface area contributed by atoms with Crippen LogP contribution in [0.5, 0.6) is 0 Å². The fraction of sp³-hybridized carbons (Fsp3) is 0.280. The fourth-order valence-electron chi connectivity index (χ4n) is 3.94. The van der Waals surface area contributed by atoms with Gasteiger partial charge in [-0.2, -0.15) is 0 Å². The fourth-order valence-corrected chi connectivity index (χ4v) is 3.94. The number of nitrogens with two attached hydrogens (primary N) is 1. The van der Waals surface area contributed by atoms with Gasteiger partial charge < -0.3 is 15.8 Å². The lowest BCUT2D eigenvalue weighted by Gasteiger charge is -2.27. The molecule has 1 unspecified atom stereocenters. The van der Waals surface area contributed by atoms with Gasteiger partial charge in [0.2, 0.25) is 0 Å². The van der Waals surface area contributed by atoms with Gasteiger partial charge in [-0.1, -0.05) is 24.3 Å². The Kier molecular flexibility index (Phi) is 7.58. The maximum absolute atomic E-state index is 14.0. The van der Waals surface area contributed by atoms with E-state index in [2.05, 4.69) is 15.3 Å². The number of rotatable bonds is 6. The molecule has 1 aromatic heterocycles. The molecule has 4 rings (SSSR count). The summed E-state index contributed by atoms with van der Waals surface area (Å²) in [6.07, 6.45) is -2.45. The Morgan fingerprint density at radius 1 is 1.14 bits per heavy atom. The highest BCUT2D eigenvalue weighted by molar-refractivity contribution is 6.07. The molecule has 3 N–H and O–H groups in total. The maximum Gasteiger partial charge on any atom is 0.491 e. The number of nitrogens with one attached hydrogen (secondary N) is 1. The van der Waals surface area contributed by atoms with Gasteiger partial charge in [-0.15, -0.1) is 13.2 Å². The average Bonchev–Trinajstić information content (AvgIpc) is 3.37. The lowest BCUT2D eigenvalue weighted by molar-refractivity contribution is -0.122. The third kappa shape index (κ3) is 6.15. The SMILES string of the molecule is Cc1ccc(N(C(=O)c2ccccc2)C(F)(F)F)cc1NC(=O)N(CC1CCCO1)c1cc(N)ncn1. The lowest BCUT2D eigenvalue weighted by Crippen LogP contribution is -2.43. The smallest absolute Gasteiger partial charge is 0.384 e. The molecule has 0 saturated carbocycles. The molecule has 2 heterocycles. The van der Waals surface area contributed by atoms with E-state index in [-0.39, 0.29) is 40.4 Å². The summed E-state index contributed by atoms with van der Waals surface area (Å²) in [5.41, 5.74) is 5.78. The molecule has 2 aromatic carbocycles. The number of nitrogens with zero attached hydrogens (tertiary/aromatic N) is 4. The molecule has 1 aliphatic heterocycles. The molecular formula is C25H25F3N6O3. The summed E-state index contributed by atoms with van der Waals surface area (Å²) in [7, 11) is 0. The largest absolute Gasteiger partial charge is 0.491 e. The van der Waals surface area contributed by atoms with Crippen LogP contribution in [0.1, 0.15) is 28.8 Å². The molecule has 1 saturated heterocycles. The van der Waals surface area contributed by atoms with E-state index in [1.165, 1.54) is 53.7 Å². The van der Waals surface area contributed by atoms with Crippen LogP contribution in [-0.4, -0.2) is 47.5 Å². The van der Waals surface area contributed by atoms with Crippen molar-refractivity contribution in [3.8, 4) is 0 Å². The second-order valence-electron chi connectivity index (χ2n) is 8.45. The Balaban J connectivity index is 1.65. The van der Waals surface area contributed by atoms with Gasteiger partial charge >= 0.3 is 12.3 Å². The normalized spacial score (nSPS) is 15.3. The van der Waals surface area contributed by atoms with Crippen LogP contribution in [-0.2, 0) is 4.74 Å². The van der Waals surface area contributed by atoms with Gasteiger partial charge in [0.05, 0.1) is 18.3 Å².